The zero-order chi connectivity index (χ0) is 22.8. The summed E-state index contributed by atoms with van der Waals surface area (Å²) < 4.78 is 82.4. The van der Waals surface area contributed by atoms with Crippen molar-refractivity contribution in [3.05, 3.63) is 77.4 Å². The number of alkyl halides is 6. The van der Waals surface area contributed by atoms with Gasteiger partial charge in [-0.2, -0.15) is 26.3 Å². The van der Waals surface area contributed by atoms with E-state index in [0.29, 0.717) is 24.4 Å². The number of benzene rings is 1. The standard InChI is InChI=1S/C19H13F6N3O3/c20-18(21,22)10-1-3-13(17(30)28-11-5-6-26-16(29)8-11)14(7-10)31-12-2-4-15(27-9-12)19(23,24)25/h1-9,16,26,29H,(H,28,30). The van der Waals surface area contributed by atoms with Crippen LogP contribution in [-0.4, -0.2) is 22.2 Å². The molecular weight excluding hydrogens is 432 g/mol. The number of carbonyl (C=O) groups is 1. The number of aliphatic hydroxyl groups is 1. The zero-order valence-electron chi connectivity index (χ0n) is 15.3. The zero-order valence-corrected chi connectivity index (χ0v) is 15.3. The summed E-state index contributed by atoms with van der Waals surface area (Å²) >= 11 is 0. The summed E-state index contributed by atoms with van der Waals surface area (Å²) in [5.41, 5.74) is -2.51. The topological polar surface area (TPSA) is 83.5 Å². The maximum absolute atomic E-state index is 13.1. The van der Waals surface area contributed by atoms with Crippen LogP contribution >= 0.6 is 0 Å². The number of nitrogens with one attached hydrogen (secondary N) is 2. The summed E-state index contributed by atoms with van der Waals surface area (Å²) in [6.07, 6.45) is -5.88. The molecule has 1 aliphatic heterocycles. The second-order valence-electron chi connectivity index (χ2n) is 6.21. The third kappa shape index (κ3) is 5.54. The molecule has 6 nitrogen and oxygen atoms in total. The number of nitrogens with zero attached hydrogens (tertiary/aromatic N) is 1. The molecule has 3 rings (SSSR count). The summed E-state index contributed by atoms with van der Waals surface area (Å²) in [6.45, 7) is 0. The summed E-state index contributed by atoms with van der Waals surface area (Å²) in [4.78, 5) is 15.7. The number of aliphatic hydroxyl groups excluding tert-OH is 1. The average molecular weight is 445 g/mol. The minimum atomic E-state index is -4.75. The fourth-order valence-corrected chi connectivity index (χ4v) is 2.50. The van der Waals surface area contributed by atoms with Gasteiger partial charge in [0.25, 0.3) is 5.91 Å². The molecule has 0 bridgehead atoms. The van der Waals surface area contributed by atoms with Crippen molar-refractivity contribution >= 4 is 5.91 Å². The van der Waals surface area contributed by atoms with Gasteiger partial charge in [0.05, 0.1) is 17.3 Å². The van der Waals surface area contributed by atoms with Gasteiger partial charge in [0.2, 0.25) is 0 Å². The first-order chi connectivity index (χ1) is 14.4. The van der Waals surface area contributed by atoms with Gasteiger partial charge in [-0.05, 0) is 42.5 Å². The Kier molecular flexibility index (Phi) is 5.93. The molecule has 0 radical (unpaired) electrons. The van der Waals surface area contributed by atoms with Crippen molar-refractivity contribution in [1.29, 1.82) is 0 Å². The van der Waals surface area contributed by atoms with E-state index in [1.807, 2.05) is 0 Å². The van der Waals surface area contributed by atoms with Crippen LogP contribution in [0.3, 0.4) is 0 Å². The maximum Gasteiger partial charge on any atom is 0.433 e. The average Bonchev–Trinajstić information content (AvgIpc) is 2.67. The van der Waals surface area contributed by atoms with Crippen LogP contribution in [0.15, 0.2) is 60.6 Å². The number of pyridine rings is 1. The SMILES string of the molecule is O=C(NC1=CC(O)NC=C1)c1ccc(C(F)(F)F)cc1Oc1ccc(C(F)(F)F)nc1. The van der Waals surface area contributed by atoms with E-state index in [9.17, 15) is 36.2 Å². The molecule has 1 amide bonds. The molecule has 0 aliphatic carbocycles. The number of carbonyl (C=O) groups excluding carboxylic acids is 1. The van der Waals surface area contributed by atoms with Crippen molar-refractivity contribution in [1.82, 2.24) is 15.6 Å². The molecular formula is C19H13F6N3O3. The van der Waals surface area contributed by atoms with Crippen molar-refractivity contribution in [2.75, 3.05) is 0 Å². The van der Waals surface area contributed by atoms with E-state index in [1.54, 1.807) is 0 Å². The molecule has 1 aromatic carbocycles. The van der Waals surface area contributed by atoms with Gasteiger partial charge in [0.1, 0.15) is 23.4 Å². The van der Waals surface area contributed by atoms with Crippen LogP contribution in [0.5, 0.6) is 11.5 Å². The van der Waals surface area contributed by atoms with Gasteiger partial charge in [0.15, 0.2) is 0 Å². The third-order valence-corrected chi connectivity index (χ3v) is 3.93. The van der Waals surface area contributed by atoms with Crippen LogP contribution in [0, 0.1) is 0 Å². The van der Waals surface area contributed by atoms with E-state index >= 15 is 0 Å². The van der Waals surface area contributed by atoms with Crippen LogP contribution in [0.1, 0.15) is 21.6 Å². The number of halogens is 6. The second kappa shape index (κ2) is 8.30. The molecule has 0 saturated heterocycles. The van der Waals surface area contributed by atoms with Gasteiger partial charge >= 0.3 is 12.4 Å². The fourth-order valence-electron chi connectivity index (χ4n) is 2.50. The molecule has 1 aliphatic rings. The van der Waals surface area contributed by atoms with Crippen LogP contribution in [0.25, 0.3) is 0 Å². The summed E-state index contributed by atoms with van der Waals surface area (Å²) in [5, 5.41) is 14.4. The monoisotopic (exact) mass is 445 g/mol. The van der Waals surface area contributed by atoms with E-state index in [1.165, 1.54) is 18.4 Å². The lowest BCUT2D eigenvalue weighted by molar-refractivity contribution is -0.141. The van der Waals surface area contributed by atoms with Crippen molar-refractivity contribution in [3.63, 3.8) is 0 Å². The Hall–Kier alpha value is -3.54. The Morgan fingerprint density at radius 1 is 1.10 bits per heavy atom. The number of dihydropyridines is 1. The van der Waals surface area contributed by atoms with Crippen LogP contribution in [-0.2, 0) is 12.4 Å². The molecule has 0 saturated carbocycles. The van der Waals surface area contributed by atoms with Crippen molar-refractivity contribution in [2.45, 2.75) is 18.6 Å². The molecule has 1 aromatic heterocycles. The second-order valence-corrected chi connectivity index (χ2v) is 6.21. The van der Waals surface area contributed by atoms with Crippen LogP contribution in [0.4, 0.5) is 26.3 Å². The molecule has 12 heteroatoms. The van der Waals surface area contributed by atoms with Crippen molar-refractivity contribution in [3.8, 4) is 11.5 Å². The van der Waals surface area contributed by atoms with Gasteiger partial charge in [-0.1, -0.05) is 0 Å². The number of amides is 1. The molecule has 1 atom stereocenters. The molecule has 164 valence electrons. The highest BCUT2D eigenvalue weighted by molar-refractivity contribution is 5.98. The summed E-state index contributed by atoms with van der Waals surface area (Å²) in [5.74, 6) is -1.72. The number of hydrogen-bond donors (Lipinski definition) is 3. The minimum absolute atomic E-state index is 0.165. The maximum atomic E-state index is 13.1. The molecule has 1 unspecified atom stereocenters. The lowest BCUT2D eigenvalue weighted by Gasteiger charge is -2.17. The molecule has 2 aromatic rings. The van der Waals surface area contributed by atoms with Gasteiger partial charge in [-0.15, -0.1) is 0 Å². The largest absolute Gasteiger partial charge is 0.455 e. The van der Waals surface area contributed by atoms with Gasteiger partial charge < -0.3 is 20.5 Å². The Balaban J connectivity index is 1.92. The van der Waals surface area contributed by atoms with Gasteiger partial charge in [-0.3, -0.25) is 4.79 Å². The van der Waals surface area contributed by atoms with Gasteiger partial charge in [0, 0.05) is 11.9 Å². The minimum Gasteiger partial charge on any atom is -0.455 e. The number of aromatic nitrogens is 1. The lowest BCUT2D eigenvalue weighted by atomic mass is 10.1. The quantitative estimate of drug-likeness (QED) is 0.621. The van der Waals surface area contributed by atoms with E-state index in [0.717, 1.165) is 12.1 Å². The van der Waals surface area contributed by atoms with E-state index < -0.39 is 41.5 Å². The Morgan fingerprint density at radius 2 is 1.84 bits per heavy atom. The van der Waals surface area contributed by atoms with Crippen molar-refractivity contribution < 1.29 is 41.0 Å². The highest BCUT2D eigenvalue weighted by atomic mass is 19.4. The molecule has 31 heavy (non-hydrogen) atoms. The number of rotatable bonds is 4. The predicted octanol–water partition coefficient (Wildman–Crippen LogP) is 3.96. The first-order valence-corrected chi connectivity index (χ1v) is 8.50. The number of allylic oxidation sites excluding steroid dienone is 1. The number of hydrogen-bond acceptors (Lipinski definition) is 5. The Morgan fingerprint density at radius 3 is 2.42 bits per heavy atom. The fraction of sp³-hybridized carbons (Fsp3) is 0.158. The molecule has 3 N–H and O–H groups in total. The Labute approximate surface area is 170 Å². The van der Waals surface area contributed by atoms with Crippen molar-refractivity contribution in [2.24, 2.45) is 0 Å². The third-order valence-electron chi connectivity index (χ3n) is 3.93. The predicted molar refractivity (Wildman–Crippen MR) is 94.6 cm³/mol. The van der Waals surface area contributed by atoms with Gasteiger partial charge in [-0.25, -0.2) is 4.98 Å². The summed E-state index contributed by atoms with van der Waals surface area (Å²) in [6, 6.07) is 3.54. The molecule has 0 fully saturated rings. The summed E-state index contributed by atoms with van der Waals surface area (Å²) in [7, 11) is 0. The van der Waals surface area contributed by atoms with E-state index in [4.69, 9.17) is 4.74 Å². The molecule has 0 spiro atoms. The normalized spacial score (nSPS) is 16.4. The number of ether oxygens (including phenoxy) is 1. The molecule has 2 heterocycles. The van der Waals surface area contributed by atoms with Crippen LogP contribution < -0.4 is 15.4 Å². The van der Waals surface area contributed by atoms with Crippen LogP contribution in [0.2, 0.25) is 0 Å². The smallest absolute Gasteiger partial charge is 0.433 e. The highest BCUT2D eigenvalue weighted by Gasteiger charge is 2.33. The van der Waals surface area contributed by atoms with E-state index in [2.05, 4.69) is 15.6 Å². The highest BCUT2D eigenvalue weighted by Crippen LogP contribution is 2.35. The lowest BCUT2D eigenvalue weighted by Crippen LogP contribution is -2.30. The Bertz CT molecular complexity index is 1030. The van der Waals surface area contributed by atoms with E-state index in [-0.39, 0.29) is 17.0 Å². The first-order valence-electron chi connectivity index (χ1n) is 8.50. The first kappa shape index (κ1) is 22.2.